The third kappa shape index (κ3) is 3.38. The van der Waals surface area contributed by atoms with Crippen molar-refractivity contribution in [1.82, 2.24) is 10.3 Å². The van der Waals surface area contributed by atoms with Crippen LogP contribution in [0.4, 0.5) is 0 Å². The summed E-state index contributed by atoms with van der Waals surface area (Å²) in [6, 6.07) is 20.3. The largest absolute Gasteiger partial charge is 0.466 e. The average Bonchev–Trinajstić information content (AvgIpc) is 3.26. The number of benzene rings is 2. The maximum atomic E-state index is 12.7. The molecule has 0 radical (unpaired) electrons. The summed E-state index contributed by atoms with van der Waals surface area (Å²) in [5.41, 5.74) is 4.04. The van der Waals surface area contributed by atoms with Gasteiger partial charge in [-0.3, -0.25) is 4.79 Å². The number of aromatic nitrogens is 1. The van der Waals surface area contributed by atoms with E-state index in [1.807, 2.05) is 50.4 Å². The number of nitrogens with one attached hydrogen (secondary N) is 2. The lowest BCUT2D eigenvalue weighted by molar-refractivity contribution is 0.0951. The number of aryl methyl sites for hydroxylation is 2. The summed E-state index contributed by atoms with van der Waals surface area (Å²) in [6.45, 7) is 4.17. The van der Waals surface area contributed by atoms with Crippen LogP contribution in [0.2, 0.25) is 0 Å². The zero-order valence-corrected chi connectivity index (χ0v) is 15.5. The molecule has 27 heavy (non-hydrogen) atoms. The molecule has 0 saturated carbocycles. The van der Waals surface area contributed by atoms with Crippen molar-refractivity contribution in [1.29, 1.82) is 0 Å². The second-order valence-electron chi connectivity index (χ2n) is 6.79. The van der Waals surface area contributed by atoms with Gasteiger partial charge in [0.05, 0.1) is 5.56 Å². The zero-order valence-electron chi connectivity index (χ0n) is 15.5. The Morgan fingerprint density at radius 1 is 1.07 bits per heavy atom. The van der Waals surface area contributed by atoms with E-state index in [1.165, 1.54) is 16.5 Å². The molecule has 0 spiro atoms. The normalized spacial score (nSPS) is 12.2. The van der Waals surface area contributed by atoms with Crippen LogP contribution >= 0.6 is 0 Å². The highest BCUT2D eigenvalue weighted by atomic mass is 16.3. The van der Waals surface area contributed by atoms with E-state index in [9.17, 15) is 4.79 Å². The molecule has 2 N–H and O–H groups in total. The van der Waals surface area contributed by atoms with Gasteiger partial charge in [-0.05, 0) is 37.1 Å². The van der Waals surface area contributed by atoms with Gasteiger partial charge >= 0.3 is 0 Å². The SMILES string of the molecule is Cc1cc(C(=O)NCC(c2ccccc2)c2c[nH]c3ccccc23)c(C)o1. The standard InChI is InChI=1S/C23H22N2O2/c1-15-12-19(16(2)27-15)23(26)25-13-20(17-8-4-3-5-9-17)21-14-24-22-11-7-6-10-18(21)22/h3-12,14,20,24H,13H2,1-2H3,(H,25,26). The van der Waals surface area contributed by atoms with Crippen LogP contribution in [0, 0.1) is 13.8 Å². The molecule has 0 aliphatic heterocycles. The van der Waals surface area contributed by atoms with Gasteiger partial charge in [0.25, 0.3) is 5.91 Å². The number of hydrogen-bond acceptors (Lipinski definition) is 2. The minimum atomic E-state index is -0.106. The van der Waals surface area contributed by atoms with Crippen LogP contribution in [0.25, 0.3) is 10.9 Å². The number of carbonyl (C=O) groups is 1. The van der Waals surface area contributed by atoms with E-state index in [2.05, 4.69) is 34.6 Å². The number of para-hydroxylation sites is 1. The Balaban J connectivity index is 1.65. The number of carbonyl (C=O) groups excluding carboxylic acids is 1. The summed E-state index contributed by atoms with van der Waals surface area (Å²) in [6.07, 6.45) is 2.04. The average molecular weight is 358 g/mol. The molecule has 136 valence electrons. The van der Waals surface area contributed by atoms with E-state index in [0.29, 0.717) is 17.9 Å². The van der Waals surface area contributed by atoms with Crippen LogP contribution in [-0.4, -0.2) is 17.4 Å². The lowest BCUT2D eigenvalue weighted by Gasteiger charge is -2.18. The van der Waals surface area contributed by atoms with Gasteiger partial charge in [0.15, 0.2) is 0 Å². The number of aromatic amines is 1. The van der Waals surface area contributed by atoms with Gasteiger partial charge in [-0.1, -0.05) is 48.5 Å². The number of furan rings is 1. The number of hydrogen-bond donors (Lipinski definition) is 2. The van der Waals surface area contributed by atoms with Crippen LogP contribution in [-0.2, 0) is 0 Å². The van der Waals surface area contributed by atoms with Crippen LogP contribution in [0.3, 0.4) is 0 Å². The highest BCUT2D eigenvalue weighted by Gasteiger charge is 2.20. The molecule has 0 aliphatic carbocycles. The predicted octanol–water partition coefficient (Wildman–Crippen LogP) is 4.94. The van der Waals surface area contributed by atoms with Crippen molar-refractivity contribution in [2.24, 2.45) is 0 Å². The fourth-order valence-electron chi connectivity index (χ4n) is 3.62. The highest BCUT2D eigenvalue weighted by Crippen LogP contribution is 2.30. The molecule has 2 aromatic carbocycles. The van der Waals surface area contributed by atoms with Crippen LogP contribution < -0.4 is 5.32 Å². The van der Waals surface area contributed by atoms with E-state index in [0.717, 1.165) is 11.3 Å². The molecule has 1 atom stereocenters. The van der Waals surface area contributed by atoms with Crippen molar-refractivity contribution in [2.75, 3.05) is 6.54 Å². The second kappa shape index (κ2) is 7.16. The molecule has 4 nitrogen and oxygen atoms in total. The molecule has 0 bridgehead atoms. The van der Waals surface area contributed by atoms with Gasteiger partial charge < -0.3 is 14.7 Å². The minimum absolute atomic E-state index is 0.0552. The summed E-state index contributed by atoms with van der Waals surface area (Å²) in [4.78, 5) is 16.0. The molecule has 0 aliphatic rings. The molecule has 1 amide bonds. The first-order valence-corrected chi connectivity index (χ1v) is 9.09. The Morgan fingerprint density at radius 2 is 1.81 bits per heavy atom. The Hall–Kier alpha value is -3.27. The highest BCUT2D eigenvalue weighted by molar-refractivity contribution is 5.95. The van der Waals surface area contributed by atoms with Gasteiger partial charge in [-0.2, -0.15) is 0 Å². The van der Waals surface area contributed by atoms with Gasteiger partial charge in [0, 0.05) is 29.6 Å². The van der Waals surface area contributed by atoms with Crippen molar-refractivity contribution in [2.45, 2.75) is 19.8 Å². The molecule has 2 heterocycles. The predicted molar refractivity (Wildman–Crippen MR) is 107 cm³/mol. The number of amides is 1. The Bertz CT molecular complexity index is 1080. The molecule has 4 aromatic rings. The van der Waals surface area contributed by atoms with Gasteiger partial charge in [-0.15, -0.1) is 0 Å². The van der Waals surface area contributed by atoms with E-state index >= 15 is 0 Å². The Morgan fingerprint density at radius 3 is 2.56 bits per heavy atom. The zero-order chi connectivity index (χ0) is 18.8. The number of fused-ring (bicyclic) bond motifs is 1. The Labute approximate surface area is 158 Å². The van der Waals surface area contributed by atoms with E-state index in [4.69, 9.17) is 4.42 Å². The first-order valence-electron chi connectivity index (χ1n) is 9.09. The summed E-state index contributed by atoms with van der Waals surface area (Å²) in [5.74, 6) is 1.34. The van der Waals surface area contributed by atoms with Crippen molar-refractivity contribution in [3.63, 3.8) is 0 Å². The summed E-state index contributed by atoms with van der Waals surface area (Å²) >= 11 is 0. The monoisotopic (exact) mass is 358 g/mol. The molecular formula is C23H22N2O2. The molecular weight excluding hydrogens is 336 g/mol. The Kier molecular flexibility index (Phi) is 4.55. The first-order chi connectivity index (χ1) is 13.1. The van der Waals surface area contributed by atoms with Crippen molar-refractivity contribution in [3.05, 3.63) is 95.1 Å². The fraction of sp³-hybridized carbons (Fsp3) is 0.174. The van der Waals surface area contributed by atoms with Gasteiger partial charge in [-0.25, -0.2) is 0 Å². The lowest BCUT2D eigenvalue weighted by atomic mass is 9.91. The maximum absolute atomic E-state index is 12.7. The number of H-pyrrole nitrogens is 1. The third-order valence-electron chi connectivity index (χ3n) is 4.95. The third-order valence-corrected chi connectivity index (χ3v) is 4.95. The molecule has 0 fully saturated rings. The topological polar surface area (TPSA) is 58.0 Å². The molecule has 4 rings (SSSR count). The van der Waals surface area contributed by atoms with Gasteiger partial charge in [0.2, 0.25) is 0 Å². The van der Waals surface area contributed by atoms with Crippen molar-refractivity contribution >= 4 is 16.8 Å². The lowest BCUT2D eigenvalue weighted by Crippen LogP contribution is -2.29. The van der Waals surface area contributed by atoms with Crippen LogP contribution in [0.15, 0.2) is 71.3 Å². The van der Waals surface area contributed by atoms with Crippen molar-refractivity contribution in [3.8, 4) is 0 Å². The smallest absolute Gasteiger partial charge is 0.254 e. The summed E-state index contributed by atoms with van der Waals surface area (Å²) in [7, 11) is 0. The quantitative estimate of drug-likeness (QED) is 0.531. The van der Waals surface area contributed by atoms with Gasteiger partial charge in [0.1, 0.15) is 11.5 Å². The van der Waals surface area contributed by atoms with E-state index in [1.54, 1.807) is 6.07 Å². The minimum Gasteiger partial charge on any atom is -0.466 e. The van der Waals surface area contributed by atoms with E-state index in [-0.39, 0.29) is 11.8 Å². The second-order valence-corrected chi connectivity index (χ2v) is 6.79. The van der Waals surface area contributed by atoms with Crippen LogP contribution in [0.1, 0.15) is 38.9 Å². The number of rotatable bonds is 5. The maximum Gasteiger partial charge on any atom is 0.254 e. The molecule has 0 saturated heterocycles. The molecule has 2 aromatic heterocycles. The molecule has 4 heteroatoms. The van der Waals surface area contributed by atoms with Crippen LogP contribution in [0.5, 0.6) is 0 Å². The fourth-order valence-corrected chi connectivity index (χ4v) is 3.62. The van der Waals surface area contributed by atoms with E-state index < -0.39 is 0 Å². The van der Waals surface area contributed by atoms with Crippen molar-refractivity contribution < 1.29 is 9.21 Å². The first kappa shape index (κ1) is 17.2. The summed E-state index contributed by atoms with van der Waals surface area (Å²) in [5, 5.41) is 4.27. The summed E-state index contributed by atoms with van der Waals surface area (Å²) < 4.78 is 5.49. The molecule has 1 unspecified atom stereocenters.